The van der Waals surface area contributed by atoms with Gasteiger partial charge < -0.3 is 91.4 Å². The van der Waals surface area contributed by atoms with Gasteiger partial charge in [0.1, 0.15) is 30.2 Å². The van der Waals surface area contributed by atoms with Gasteiger partial charge in [0.05, 0.1) is 52.4 Å². The minimum atomic E-state index is -5.05. The first-order valence-corrected chi connectivity index (χ1v) is 47.5. The molecule has 6 heterocycles. The number of hydrogen-bond donors (Lipinski definition) is 1. The molecule has 518 valence electrons. The zero-order valence-corrected chi connectivity index (χ0v) is 88.0. The Kier molecular flexibility index (Phi) is 46.6. The number of nitrogens with zero attached hydrogens (tertiary/aromatic N) is 10. The number of quaternary nitrogens is 2. The van der Waals surface area contributed by atoms with Gasteiger partial charge in [-0.2, -0.15) is 0 Å². The molecule has 0 spiro atoms. The molecule has 1 N–H and O–H groups in total. The third-order valence-corrected chi connectivity index (χ3v) is 33.5. The number of carboxylic acid groups (broad SMARTS) is 1. The summed E-state index contributed by atoms with van der Waals surface area (Å²) in [6.07, 6.45) is -0.116. The van der Waals surface area contributed by atoms with Gasteiger partial charge in [-0.05, 0) is 95.3 Å². The van der Waals surface area contributed by atoms with Crippen LogP contribution in [0.2, 0.25) is 38.3 Å². The molecule has 42 heteroatoms. The van der Waals surface area contributed by atoms with Crippen molar-refractivity contribution in [1.29, 1.82) is 0 Å². The summed E-state index contributed by atoms with van der Waals surface area (Å²) in [6, 6.07) is 31.7. The number of aliphatic carboxylic acids is 1. The van der Waals surface area contributed by atoms with Gasteiger partial charge >= 0.3 is 275 Å². The summed E-state index contributed by atoms with van der Waals surface area (Å²) in [7, 11) is -31.6. The molecule has 6 aromatic rings. The second-order valence-electron chi connectivity index (χ2n) is 26.9. The fourth-order valence-electron chi connectivity index (χ4n) is 14.1. The van der Waals surface area contributed by atoms with Crippen LogP contribution in [-0.4, -0.2) is 154 Å². The topological polar surface area (TPSA) is 393 Å². The quantitative estimate of drug-likeness (QED) is 0.0125. The Morgan fingerprint density at radius 3 is 1.10 bits per heavy atom. The zero-order chi connectivity index (χ0) is 69.1. The number of unbranched alkanes of at least 4 members (excludes halogenated alkanes) is 2. The summed E-state index contributed by atoms with van der Waals surface area (Å²) in [5, 5.41) is 14.1. The van der Waals surface area contributed by atoms with E-state index in [0.29, 0.717) is 171 Å². The van der Waals surface area contributed by atoms with Crippen molar-refractivity contribution >= 4 is 118 Å². The molecule has 0 amide bonds. The van der Waals surface area contributed by atoms with Crippen molar-refractivity contribution in [2.75, 3.05) is 77.0 Å². The van der Waals surface area contributed by atoms with E-state index in [9.17, 15) is 67.3 Å². The minimum absolute atomic E-state index is 0. The molecule has 2 aromatic heterocycles. The largest absolute Gasteiger partial charge is 1.00 e. The van der Waals surface area contributed by atoms with Gasteiger partial charge in [-0.1, -0.05) is 120 Å². The predicted octanol–water partition coefficient (Wildman–Crippen LogP) is -23.4. The predicted molar refractivity (Wildman–Crippen MR) is 361 cm³/mol. The van der Waals surface area contributed by atoms with Crippen LogP contribution >= 0.6 is 30.4 Å². The molecule has 0 saturated heterocycles. The van der Waals surface area contributed by atoms with Crippen molar-refractivity contribution in [3.05, 3.63) is 137 Å². The molecule has 4 aromatic carbocycles. The van der Waals surface area contributed by atoms with E-state index in [-0.39, 0.29) is 329 Å². The van der Waals surface area contributed by atoms with Crippen LogP contribution in [-0.2, 0) is 31.3 Å². The van der Waals surface area contributed by atoms with Gasteiger partial charge in [-0.3, -0.25) is 8.47 Å². The number of hydrogen-bond acceptors (Lipinski definition) is 21. The van der Waals surface area contributed by atoms with Crippen molar-refractivity contribution in [3.8, 4) is 0 Å². The van der Waals surface area contributed by atoms with Crippen LogP contribution in [0.1, 0.15) is 92.9 Å². The first kappa shape index (κ1) is 107. The first-order chi connectivity index (χ1) is 45.2. The number of benzene rings is 4. The van der Waals surface area contributed by atoms with Crippen molar-refractivity contribution in [1.82, 2.24) is 8.47 Å². The maximum absolute atomic E-state index is 12.3. The van der Waals surface area contributed by atoms with Crippen LogP contribution in [0.15, 0.2) is 127 Å². The normalized spacial score (nSPS) is 16.0. The third kappa shape index (κ3) is 28.8. The Labute approximate surface area is 817 Å². The Hall–Kier alpha value is 3.80. The summed E-state index contributed by atoms with van der Waals surface area (Å²) in [6.45, 7) is 14.7. The van der Waals surface area contributed by atoms with E-state index < -0.39 is 86.5 Å². The second kappa shape index (κ2) is 45.8. The smallest absolute Gasteiger partial charge is 0.811 e. The molecule has 4 aliphatic heterocycles. The standard InChI is InChI=1S/C63H88N10O16P4Si3.9Na/c1-6-33-72(35-18-41-90(76,77)78,34-17-7-8-32-55(74)75)39-22-45-94(2,3)88-96(89-95(4,5)46-23-40-73(36-19-42-91(79,80)81,37-20-43-92(82,83)84)38-21-44-93(85,86)87)70-60-51-28-13-14-29-52(51)62(70)68-58-49-26-11-12-27-50(49)59(65-58)69-63-54-31-16-15-30-53(54)61(71(63)96)67-57-48-25-10-9-24-47(48)56(64-57)66-60;;;;;;;;;/h9-16,24-31H,1,6-8,17-23,32-46H2,2-5H3,(H8-,74,75,76,77,78,79,80,81,82,83,84,85,86,87);;;;;;;;;/q;9*+1/p-7. The molecule has 10 rings (SSSR count). The summed E-state index contributed by atoms with van der Waals surface area (Å²) in [5.41, 5.74) is 3.65. The van der Waals surface area contributed by atoms with Gasteiger partial charge in [-0.15, -0.1) is 6.42 Å². The van der Waals surface area contributed by atoms with E-state index in [4.69, 9.17) is 38.2 Å². The molecule has 0 radical (unpaired) electrons. The Morgan fingerprint density at radius 1 is 0.438 bits per heavy atom. The van der Waals surface area contributed by atoms with Gasteiger partial charge in [0.2, 0.25) is 0 Å². The Balaban J connectivity index is 0.00000612. The number of aromatic nitrogens is 2. The molecule has 0 aliphatic carbocycles. The molecule has 3 unspecified atom stereocenters. The van der Waals surface area contributed by atoms with Gasteiger partial charge in [0, 0.05) is 81.6 Å². The van der Waals surface area contributed by atoms with E-state index in [1.54, 1.807) is 0 Å². The summed E-state index contributed by atoms with van der Waals surface area (Å²) < 4.78 is 70.0. The van der Waals surface area contributed by atoms with E-state index in [0.717, 1.165) is 0 Å². The monoisotopic (exact) mass is 1650 g/mol. The van der Waals surface area contributed by atoms with Crippen LogP contribution in [0.3, 0.4) is 0 Å². The Morgan fingerprint density at radius 2 is 0.752 bits per heavy atom. The second-order valence-corrected chi connectivity index (χ2v) is 45.3. The minimum Gasteiger partial charge on any atom is -0.811 e. The fourth-order valence-corrected chi connectivity index (χ4v) is 28.8. The van der Waals surface area contributed by atoms with Gasteiger partial charge in [0.25, 0.3) is 0 Å². The third-order valence-electron chi connectivity index (χ3n) is 18.4. The molecule has 26 nitrogen and oxygen atoms in total. The van der Waals surface area contributed by atoms with E-state index in [1.165, 1.54) is 0 Å². The van der Waals surface area contributed by atoms with Crippen LogP contribution < -0.4 is 316 Å². The number of carboxylic acids is 1. The number of fused-ring (bicyclic) bond motifs is 14. The van der Waals surface area contributed by atoms with Crippen LogP contribution in [0.25, 0.3) is 21.5 Å². The van der Waals surface area contributed by atoms with E-state index in [1.807, 2.05) is 119 Å². The molecular weight excluding hydrogens is 1570 g/mol. The first-order valence-electron chi connectivity index (χ1n) is 32.6. The molecular formula is C63H81N10Na9O16P4Si3+2. The average molecular weight is 1650 g/mol. The number of aliphatic imine (C=N–C) groups is 4. The Bertz CT molecular complexity index is 4200. The van der Waals surface area contributed by atoms with E-state index >= 15 is 0 Å². The number of carbonyl (C=O) groups is 1. The maximum Gasteiger partial charge on any atom is 1.00 e. The summed E-state index contributed by atoms with van der Waals surface area (Å²) >= 11 is 0. The van der Waals surface area contributed by atoms with Crippen molar-refractivity contribution in [2.45, 2.75) is 109 Å². The van der Waals surface area contributed by atoms with Crippen molar-refractivity contribution in [2.24, 2.45) is 30.0 Å². The van der Waals surface area contributed by atoms with Crippen LogP contribution in [0, 0.1) is 6.92 Å². The molecule has 6 bridgehead atoms. The van der Waals surface area contributed by atoms with Gasteiger partial charge in [0.15, 0.2) is 40.0 Å². The van der Waals surface area contributed by atoms with Crippen LogP contribution in [0.4, 0.5) is 11.6 Å². The molecule has 3 atom stereocenters. The number of carbonyl (C=O) groups excluding carboxylic acids is 1. The van der Waals surface area contributed by atoms with E-state index in [2.05, 4.69) is 20.0 Å². The fraction of sp³-hybridized carbons (Fsp3) is 0.460. The SMILES string of the molecule is [CH2-]CC[N+](CCCCCC(=O)[O-])(CCC[Si](C)(C)O[Si]1(O[Si](C)(C)CCC[N+](CCCP(=O)([O-])[O-])(CCCP(=O)([O-])[O-])CCCP(=O)([O-])O)n2c3c4ccccc4c2N=C2N=C(N=c4c5ccccc5c(n41)=NC1=NC(=N3)c3ccccc31)c1ccccc12)CCCP(=O)([O-])[O-].[Na+].[Na+].[Na+].[Na+].[Na+].[Na+].[Na+].[Na+].[Na+]. The van der Waals surface area contributed by atoms with Crippen LogP contribution in [0.5, 0.6) is 0 Å². The van der Waals surface area contributed by atoms with Gasteiger partial charge in [-0.25, -0.2) is 30.0 Å². The zero-order valence-electron chi connectivity index (χ0n) is 63.5. The summed E-state index contributed by atoms with van der Waals surface area (Å²) in [5.74, 6) is 1.09. The average Bonchev–Trinajstić information content (AvgIpc) is 1.53. The maximum atomic E-state index is 12.3. The molecule has 0 fully saturated rings. The number of rotatable bonds is 36. The summed E-state index contributed by atoms with van der Waals surface area (Å²) in [4.78, 5) is 139. The molecule has 0 saturated carbocycles. The van der Waals surface area contributed by atoms with Crippen molar-refractivity contribution in [3.63, 3.8) is 0 Å². The molecule has 105 heavy (non-hydrogen) atoms. The number of amidine groups is 4. The molecule has 4 aliphatic rings. The van der Waals surface area contributed by atoms with Crippen molar-refractivity contribution < 1.29 is 351 Å².